The van der Waals surface area contributed by atoms with E-state index in [1.165, 1.54) is 0 Å². The lowest BCUT2D eigenvalue weighted by Crippen LogP contribution is -2.45. The third kappa shape index (κ3) is 8.84. The molecular formula is C21H26F6N4O5. The van der Waals surface area contributed by atoms with Gasteiger partial charge in [-0.25, -0.2) is 14.4 Å². The Labute approximate surface area is 202 Å². The summed E-state index contributed by atoms with van der Waals surface area (Å²) in [6.45, 7) is 4.90. The minimum absolute atomic E-state index is 0.158. The van der Waals surface area contributed by atoms with E-state index in [1.807, 2.05) is 13.0 Å². The number of aliphatic carboxylic acids is 2. The number of alkyl halides is 6. The molecule has 2 atom stereocenters. The number of fused-ring (bicyclic) bond motifs is 1. The number of amides is 2. The summed E-state index contributed by atoms with van der Waals surface area (Å²) in [4.78, 5) is 39.3. The molecule has 1 saturated carbocycles. The monoisotopic (exact) mass is 528 g/mol. The number of urea groups is 1. The van der Waals surface area contributed by atoms with Crippen molar-refractivity contribution in [2.45, 2.75) is 69.6 Å². The van der Waals surface area contributed by atoms with Crippen molar-refractivity contribution in [1.82, 2.24) is 20.1 Å². The summed E-state index contributed by atoms with van der Waals surface area (Å²) in [5.41, 5.74) is 2.21. The summed E-state index contributed by atoms with van der Waals surface area (Å²) >= 11 is 0. The Bertz CT molecular complexity index is 914. The van der Waals surface area contributed by atoms with E-state index in [0.29, 0.717) is 18.1 Å². The zero-order valence-corrected chi connectivity index (χ0v) is 19.1. The molecule has 2 saturated heterocycles. The van der Waals surface area contributed by atoms with Crippen LogP contribution in [0.5, 0.6) is 0 Å². The van der Waals surface area contributed by atoms with Crippen molar-refractivity contribution in [3.05, 3.63) is 29.6 Å². The Kier molecular flexibility index (Phi) is 9.51. The molecule has 0 radical (unpaired) electrons. The number of hydrogen-bond acceptors (Lipinski definition) is 5. The molecule has 1 aromatic heterocycles. The van der Waals surface area contributed by atoms with Gasteiger partial charge in [0.1, 0.15) is 0 Å². The summed E-state index contributed by atoms with van der Waals surface area (Å²) in [5.74, 6) is -5.51. The molecule has 3 aliphatic rings. The number of carbonyl (C=O) groups excluding carboxylic acids is 1. The van der Waals surface area contributed by atoms with Crippen LogP contribution in [0.3, 0.4) is 0 Å². The van der Waals surface area contributed by atoms with Crippen LogP contribution in [0.1, 0.15) is 37.1 Å². The molecule has 3 heterocycles. The number of hydrogen-bond donors (Lipinski definition) is 3. The largest absolute Gasteiger partial charge is 0.490 e. The van der Waals surface area contributed by atoms with Crippen molar-refractivity contribution in [3.8, 4) is 0 Å². The summed E-state index contributed by atoms with van der Waals surface area (Å²) in [6.07, 6.45) is -5.68. The van der Waals surface area contributed by atoms with Gasteiger partial charge in [0.25, 0.3) is 0 Å². The first-order valence-electron chi connectivity index (χ1n) is 10.9. The van der Waals surface area contributed by atoms with Crippen LogP contribution < -0.4 is 5.32 Å². The summed E-state index contributed by atoms with van der Waals surface area (Å²) in [5, 5.41) is 17.4. The van der Waals surface area contributed by atoms with Gasteiger partial charge in [-0.15, -0.1) is 0 Å². The van der Waals surface area contributed by atoms with Crippen LogP contribution in [0, 0.1) is 6.92 Å². The highest BCUT2D eigenvalue weighted by molar-refractivity contribution is 5.76. The van der Waals surface area contributed by atoms with Gasteiger partial charge in [0.05, 0.1) is 11.7 Å². The van der Waals surface area contributed by atoms with Crippen LogP contribution in [0.4, 0.5) is 31.1 Å². The number of pyridine rings is 1. The molecule has 0 aromatic carbocycles. The zero-order valence-electron chi connectivity index (χ0n) is 19.1. The van der Waals surface area contributed by atoms with E-state index in [0.717, 1.165) is 56.7 Å². The van der Waals surface area contributed by atoms with E-state index < -0.39 is 24.3 Å². The van der Waals surface area contributed by atoms with E-state index >= 15 is 0 Å². The molecule has 4 rings (SSSR count). The number of aryl methyl sites for hydroxylation is 1. The molecule has 36 heavy (non-hydrogen) atoms. The van der Waals surface area contributed by atoms with E-state index in [9.17, 15) is 31.1 Å². The fourth-order valence-corrected chi connectivity index (χ4v) is 3.90. The minimum Gasteiger partial charge on any atom is -0.475 e. The maximum atomic E-state index is 12.3. The molecule has 3 fully saturated rings. The molecule has 1 aromatic rings. The lowest BCUT2D eigenvalue weighted by molar-refractivity contribution is -0.193. The fourth-order valence-electron chi connectivity index (χ4n) is 3.90. The minimum atomic E-state index is -5.08. The number of carboxylic acids is 2. The number of carboxylic acid groups (broad SMARTS) is 2. The summed E-state index contributed by atoms with van der Waals surface area (Å²) < 4.78 is 63.5. The van der Waals surface area contributed by atoms with Crippen molar-refractivity contribution in [2.24, 2.45) is 0 Å². The van der Waals surface area contributed by atoms with Gasteiger partial charge in [0.2, 0.25) is 0 Å². The molecule has 1 aliphatic carbocycles. The van der Waals surface area contributed by atoms with E-state index in [-0.39, 0.29) is 6.03 Å². The van der Waals surface area contributed by atoms with Crippen molar-refractivity contribution in [2.75, 3.05) is 13.1 Å². The Balaban J connectivity index is 0.000000271. The second kappa shape index (κ2) is 11.8. The number of carbonyl (C=O) groups is 3. The quantitative estimate of drug-likeness (QED) is 0.515. The molecule has 9 nitrogen and oxygen atoms in total. The molecule has 2 amide bonds. The third-order valence-electron chi connectivity index (χ3n) is 5.65. The molecule has 15 heteroatoms. The van der Waals surface area contributed by atoms with E-state index in [2.05, 4.69) is 32.2 Å². The molecule has 2 aliphatic heterocycles. The topological polar surface area (TPSA) is 123 Å². The van der Waals surface area contributed by atoms with E-state index in [4.69, 9.17) is 19.8 Å². The van der Waals surface area contributed by atoms with Crippen LogP contribution in [-0.2, 0) is 16.1 Å². The molecule has 3 N–H and O–H groups in total. The highest BCUT2D eigenvalue weighted by Crippen LogP contribution is 2.33. The normalized spacial score (nSPS) is 21.5. The Morgan fingerprint density at radius 2 is 1.47 bits per heavy atom. The van der Waals surface area contributed by atoms with Gasteiger partial charge in [-0.05, 0) is 44.7 Å². The van der Waals surface area contributed by atoms with Crippen LogP contribution >= 0.6 is 0 Å². The lowest BCUT2D eigenvalue weighted by atomic mass is 10.1. The summed E-state index contributed by atoms with van der Waals surface area (Å²) in [7, 11) is 0. The van der Waals surface area contributed by atoms with Gasteiger partial charge in [0, 0.05) is 37.4 Å². The third-order valence-corrected chi connectivity index (χ3v) is 5.65. The van der Waals surface area contributed by atoms with Gasteiger partial charge in [-0.3, -0.25) is 9.88 Å². The number of nitrogens with zero attached hydrogens (tertiary/aromatic N) is 3. The van der Waals surface area contributed by atoms with Crippen molar-refractivity contribution in [1.29, 1.82) is 0 Å². The van der Waals surface area contributed by atoms with Gasteiger partial charge in [0.15, 0.2) is 0 Å². The van der Waals surface area contributed by atoms with E-state index in [1.54, 1.807) is 0 Å². The highest BCUT2D eigenvalue weighted by Gasteiger charge is 2.45. The average molecular weight is 528 g/mol. The predicted molar refractivity (Wildman–Crippen MR) is 112 cm³/mol. The Morgan fingerprint density at radius 1 is 0.944 bits per heavy atom. The number of rotatable bonds is 3. The molecule has 202 valence electrons. The standard InChI is InChI=1S/C17H24N4O.2C2HF3O2/c1-12-3-2-4-14(18-12)11-20-9-7-16-15(20)8-10-21(16)17(22)19-13-5-6-13;2*3-2(4,5)1(6)7/h2-4,13,15-16H,5-11H2,1H3,(H,19,22);2*(H,6,7)/t15-,16+;;/m0../s1. The summed E-state index contributed by atoms with van der Waals surface area (Å²) in [6, 6.07) is 7.72. The second-order valence-corrected chi connectivity index (χ2v) is 8.48. The molecule has 0 unspecified atom stereocenters. The van der Waals surface area contributed by atoms with Gasteiger partial charge >= 0.3 is 30.3 Å². The SMILES string of the molecule is Cc1cccc(CN2CC[C@@H]3[C@@H]2CCN3C(=O)NC2CC2)n1.O=C(O)C(F)(F)F.O=C(O)C(F)(F)F. The first-order chi connectivity index (χ1) is 16.6. The van der Waals surface area contributed by atoms with Crippen LogP contribution in [0.25, 0.3) is 0 Å². The highest BCUT2D eigenvalue weighted by atomic mass is 19.4. The van der Waals surface area contributed by atoms with Crippen molar-refractivity contribution in [3.63, 3.8) is 0 Å². The maximum absolute atomic E-state index is 12.3. The zero-order chi connectivity index (χ0) is 27.3. The van der Waals surface area contributed by atoms with Crippen LogP contribution in [-0.4, -0.2) is 86.5 Å². The Morgan fingerprint density at radius 3 is 1.94 bits per heavy atom. The van der Waals surface area contributed by atoms with Crippen LogP contribution in [0.2, 0.25) is 0 Å². The smallest absolute Gasteiger partial charge is 0.475 e. The number of aromatic nitrogens is 1. The van der Waals surface area contributed by atoms with Gasteiger partial charge in [-0.1, -0.05) is 6.07 Å². The lowest BCUT2D eigenvalue weighted by Gasteiger charge is -2.25. The number of halogens is 6. The van der Waals surface area contributed by atoms with Gasteiger partial charge < -0.3 is 20.4 Å². The fraction of sp³-hybridized carbons (Fsp3) is 0.619. The van der Waals surface area contributed by atoms with Crippen molar-refractivity contribution >= 4 is 18.0 Å². The predicted octanol–water partition coefficient (Wildman–Crippen LogP) is 3.18. The number of likely N-dealkylation sites (tertiary alicyclic amines) is 2. The van der Waals surface area contributed by atoms with Crippen molar-refractivity contribution < 1.29 is 50.9 Å². The molecule has 0 spiro atoms. The molecular weight excluding hydrogens is 502 g/mol. The Hall–Kier alpha value is -3.10. The second-order valence-electron chi connectivity index (χ2n) is 8.48. The maximum Gasteiger partial charge on any atom is 0.490 e. The van der Waals surface area contributed by atoms with Gasteiger partial charge in [-0.2, -0.15) is 26.3 Å². The van der Waals surface area contributed by atoms with Crippen LogP contribution in [0.15, 0.2) is 18.2 Å². The first-order valence-corrected chi connectivity index (χ1v) is 10.9. The first kappa shape index (κ1) is 29.1. The molecule has 0 bridgehead atoms. The average Bonchev–Trinajstić information content (AvgIpc) is 3.32. The number of nitrogens with one attached hydrogen (secondary N) is 1.